The third kappa shape index (κ3) is 5.39. The summed E-state index contributed by atoms with van der Waals surface area (Å²) in [6.07, 6.45) is -0.667. The highest BCUT2D eigenvalue weighted by Crippen LogP contribution is 2.19. The van der Waals surface area contributed by atoms with Crippen LogP contribution in [0.25, 0.3) is 0 Å². The van der Waals surface area contributed by atoms with E-state index in [1.807, 2.05) is 13.0 Å². The van der Waals surface area contributed by atoms with E-state index in [1.54, 1.807) is 18.2 Å². The number of anilines is 1. The third-order valence-electron chi connectivity index (χ3n) is 4.81. The summed E-state index contributed by atoms with van der Waals surface area (Å²) in [6.45, 7) is 10.1. The van der Waals surface area contributed by atoms with E-state index in [4.69, 9.17) is 9.72 Å². The molecule has 2 aromatic rings. The first-order chi connectivity index (χ1) is 13.4. The van der Waals surface area contributed by atoms with Crippen molar-refractivity contribution in [1.29, 1.82) is 0 Å². The van der Waals surface area contributed by atoms with Gasteiger partial charge in [0.15, 0.2) is 11.6 Å². The van der Waals surface area contributed by atoms with E-state index in [9.17, 15) is 9.50 Å². The standard InChI is InChI=1S/C21H29FN4O2/c1-15(2)21-23-16(3)12-20(24-21)26-10-8-25(9-11-26)13-17(27)14-28-19-7-5-4-6-18(19)22/h4-7,12,15,17,27H,8-11,13-14H2,1-3H3. The number of piperazine rings is 1. The molecule has 1 aromatic heterocycles. The van der Waals surface area contributed by atoms with Crippen LogP contribution in [0.1, 0.15) is 31.3 Å². The zero-order valence-electron chi connectivity index (χ0n) is 16.8. The number of halogens is 1. The fourth-order valence-electron chi connectivity index (χ4n) is 3.25. The maximum absolute atomic E-state index is 13.6. The molecule has 2 heterocycles. The van der Waals surface area contributed by atoms with Crippen LogP contribution in [0, 0.1) is 12.7 Å². The summed E-state index contributed by atoms with van der Waals surface area (Å²) in [5.41, 5.74) is 0.983. The number of aliphatic hydroxyl groups is 1. The summed E-state index contributed by atoms with van der Waals surface area (Å²) in [5, 5.41) is 10.2. The number of ether oxygens (including phenoxy) is 1. The lowest BCUT2D eigenvalue weighted by atomic mass is 10.2. The minimum atomic E-state index is -0.667. The Morgan fingerprint density at radius 1 is 1.14 bits per heavy atom. The molecule has 1 aliphatic heterocycles. The van der Waals surface area contributed by atoms with E-state index in [0.717, 1.165) is 43.5 Å². The monoisotopic (exact) mass is 388 g/mol. The molecule has 3 rings (SSSR count). The van der Waals surface area contributed by atoms with Crippen molar-refractivity contribution < 1.29 is 14.2 Å². The van der Waals surface area contributed by atoms with E-state index in [-0.39, 0.29) is 12.4 Å². The molecule has 0 radical (unpaired) electrons. The van der Waals surface area contributed by atoms with E-state index < -0.39 is 11.9 Å². The minimum absolute atomic E-state index is 0.0734. The number of benzene rings is 1. The number of hydrogen-bond donors (Lipinski definition) is 1. The van der Waals surface area contributed by atoms with Crippen molar-refractivity contribution in [1.82, 2.24) is 14.9 Å². The van der Waals surface area contributed by atoms with Gasteiger partial charge in [-0.2, -0.15) is 0 Å². The lowest BCUT2D eigenvalue weighted by Gasteiger charge is -2.36. The molecule has 1 unspecified atom stereocenters. The number of β-amino-alcohol motifs (C(OH)–C–C–N with tert-alkyl or cyclic N) is 1. The van der Waals surface area contributed by atoms with Crippen molar-refractivity contribution in [2.45, 2.75) is 32.8 Å². The normalized spacial score (nSPS) is 16.4. The molecule has 7 heteroatoms. The van der Waals surface area contributed by atoms with Crippen LogP contribution >= 0.6 is 0 Å². The van der Waals surface area contributed by atoms with Crippen LogP contribution in [0.3, 0.4) is 0 Å². The number of para-hydroxylation sites is 1. The summed E-state index contributed by atoms with van der Waals surface area (Å²) in [4.78, 5) is 13.7. The molecule has 1 N–H and O–H groups in total. The molecular formula is C21H29FN4O2. The van der Waals surface area contributed by atoms with Gasteiger partial charge >= 0.3 is 0 Å². The molecule has 1 aliphatic rings. The Balaban J connectivity index is 1.48. The Kier molecular flexibility index (Phi) is 6.80. The Hall–Kier alpha value is -2.25. The second-order valence-corrected chi connectivity index (χ2v) is 7.56. The van der Waals surface area contributed by atoms with Crippen molar-refractivity contribution in [3.05, 3.63) is 47.7 Å². The highest BCUT2D eigenvalue weighted by molar-refractivity contribution is 5.40. The van der Waals surface area contributed by atoms with Crippen molar-refractivity contribution in [3.63, 3.8) is 0 Å². The second kappa shape index (κ2) is 9.30. The SMILES string of the molecule is Cc1cc(N2CCN(CC(O)COc3ccccc3F)CC2)nc(C(C)C)n1. The second-order valence-electron chi connectivity index (χ2n) is 7.56. The predicted octanol–water partition coefficient (Wildman–Crippen LogP) is 2.61. The number of aromatic nitrogens is 2. The number of rotatable bonds is 7. The fourth-order valence-corrected chi connectivity index (χ4v) is 3.25. The van der Waals surface area contributed by atoms with E-state index in [0.29, 0.717) is 12.5 Å². The van der Waals surface area contributed by atoms with Gasteiger partial charge in [0.2, 0.25) is 0 Å². The molecule has 0 aliphatic carbocycles. The van der Waals surface area contributed by atoms with Gasteiger partial charge < -0.3 is 14.7 Å². The van der Waals surface area contributed by atoms with Gasteiger partial charge in [-0.15, -0.1) is 0 Å². The average Bonchev–Trinajstić information content (AvgIpc) is 2.67. The number of aryl methyl sites for hydroxylation is 1. The van der Waals surface area contributed by atoms with Crippen LogP contribution in [0.15, 0.2) is 30.3 Å². The largest absolute Gasteiger partial charge is 0.488 e. The number of nitrogens with zero attached hydrogens (tertiary/aromatic N) is 4. The Labute approximate surface area is 166 Å². The smallest absolute Gasteiger partial charge is 0.165 e. The third-order valence-corrected chi connectivity index (χ3v) is 4.81. The maximum atomic E-state index is 13.6. The van der Waals surface area contributed by atoms with Crippen molar-refractivity contribution in [2.75, 3.05) is 44.2 Å². The van der Waals surface area contributed by atoms with Crippen LogP contribution in [0.5, 0.6) is 5.75 Å². The van der Waals surface area contributed by atoms with Crippen LogP contribution in [0.2, 0.25) is 0 Å². The molecule has 152 valence electrons. The molecule has 1 fully saturated rings. The lowest BCUT2D eigenvalue weighted by molar-refractivity contribution is 0.0649. The molecule has 1 saturated heterocycles. The first-order valence-electron chi connectivity index (χ1n) is 9.80. The van der Waals surface area contributed by atoms with Gasteiger partial charge in [-0.3, -0.25) is 4.90 Å². The predicted molar refractivity (Wildman–Crippen MR) is 107 cm³/mol. The van der Waals surface area contributed by atoms with Crippen LogP contribution in [0.4, 0.5) is 10.2 Å². The van der Waals surface area contributed by atoms with Crippen molar-refractivity contribution >= 4 is 5.82 Å². The Bertz CT molecular complexity index is 779. The van der Waals surface area contributed by atoms with Gasteiger partial charge in [-0.05, 0) is 19.1 Å². The van der Waals surface area contributed by atoms with Crippen LogP contribution in [-0.4, -0.2) is 65.4 Å². The first kappa shape index (κ1) is 20.5. The summed E-state index contributed by atoms with van der Waals surface area (Å²) in [6, 6.07) is 8.26. The zero-order valence-corrected chi connectivity index (χ0v) is 16.8. The van der Waals surface area contributed by atoms with Crippen molar-refractivity contribution in [2.24, 2.45) is 0 Å². The van der Waals surface area contributed by atoms with Crippen molar-refractivity contribution in [3.8, 4) is 5.75 Å². The van der Waals surface area contributed by atoms with Gasteiger partial charge in [-0.25, -0.2) is 14.4 Å². The number of aliphatic hydroxyl groups excluding tert-OH is 1. The topological polar surface area (TPSA) is 61.7 Å². The molecule has 1 atom stereocenters. The molecule has 0 bridgehead atoms. The molecule has 0 amide bonds. The molecule has 1 aromatic carbocycles. The van der Waals surface area contributed by atoms with Gasteiger partial charge in [-0.1, -0.05) is 26.0 Å². The quantitative estimate of drug-likeness (QED) is 0.787. The molecule has 6 nitrogen and oxygen atoms in total. The molecule has 28 heavy (non-hydrogen) atoms. The maximum Gasteiger partial charge on any atom is 0.165 e. The van der Waals surface area contributed by atoms with E-state index >= 15 is 0 Å². The van der Waals surface area contributed by atoms with Gasteiger partial charge in [0.05, 0.1) is 0 Å². The van der Waals surface area contributed by atoms with Crippen LogP contribution in [-0.2, 0) is 0 Å². The zero-order chi connectivity index (χ0) is 20.1. The molecule has 0 saturated carbocycles. The first-order valence-corrected chi connectivity index (χ1v) is 9.80. The highest BCUT2D eigenvalue weighted by atomic mass is 19.1. The molecular weight excluding hydrogens is 359 g/mol. The van der Waals surface area contributed by atoms with Gasteiger partial charge in [0, 0.05) is 50.4 Å². The molecule has 0 spiro atoms. The average molecular weight is 388 g/mol. The summed E-state index contributed by atoms with van der Waals surface area (Å²) in [7, 11) is 0. The highest BCUT2D eigenvalue weighted by Gasteiger charge is 2.21. The van der Waals surface area contributed by atoms with Gasteiger partial charge in [0.1, 0.15) is 24.4 Å². The Morgan fingerprint density at radius 2 is 1.86 bits per heavy atom. The summed E-state index contributed by atoms with van der Waals surface area (Å²) < 4.78 is 19.0. The summed E-state index contributed by atoms with van der Waals surface area (Å²) in [5.74, 6) is 1.90. The Morgan fingerprint density at radius 3 is 2.54 bits per heavy atom. The van der Waals surface area contributed by atoms with Gasteiger partial charge in [0.25, 0.3) is 0 Å². The van der Waals surface area contributed by atoms with Crippen LogP contribution < -0.4 is 9.64 Å². The number of hydrogen-bond acceptors (Lipinski definition) is 6. The summed E-state index contributed by atoms with van der Waals surface area (Å²) >= 11 is 0. The van der Waals surface area contributed by atoms with E-state index in [2.05, 4.69) is 28.6 Å². The minimum Gasteiger partial charge on any atom is -0.488 e. The lowest BCUT2D eigenvalue weighted by Crippen LogP contribution is -2.49. The fraction of sp³-hybridized carbons (Fsp3) is 0.524. The van der Waals surface area contributed by atoms with E-state index in [1.165, 1.54) is 6.07 Å².